The number of hydrogen-bond donors (Lipinski definition) is 2. The summed E-state index contributed by atoms with van der Waals surface area (Å²) in [6.45, 7) is 0. The Balaban J connectivity index is 2.14. The average Bonchev–Trinajstić information content (AvgIpc) is 3.09. The molecule has 3 rings (SSSR count). The lowest BCUT2D eigenvalue weighted by molar-refractivity contribution is -0.277. The van der Waals surface area contributed by atoms with Crippen molar-refractivity contribution in [1.82, 2.24) is 15.2 Å². The second-order valence-corrected chi connectivity index (χ2v) is 7.64. The van der Waals surface area contributed by atoms with Crippen LogP contribution < -0.4 is 5.73 Å². The van der Waals surface area contributed by atoms with Gasteiger partial charge in [0, 0.05) is 0 Å². The predicted octanol–water partition coefficient (Wildman–Crippen LogP) is 4.54. The minimum Gasteiger partial charge on any atom is -0.416 e. The van der Waals surface area contributed by atoms with Gasteiger partial charge in [0.2, 0.25) is 5.60 Å². The van der Waals surface area contributed by atoms with Crippen molar-refractivity contribution in [2.24, 2.45) is 0 Å². The van der Waals surface area contributed by atoms with Crippen LogP contribution in [0.3, 0.4) is 0 Å². The highest BCUT2D eigenvalue weighted by molar-refractivity contribution is 7.99. The van der Waals surface area contributed by atoms with Crippen molar-refractivity contribution in [3.05, 3.63) is 17.5 Å². The third-order valence-electron chi connectivity index (χ3n) is 4.44. The number of nitrogens with two attached hydrogens (primary N) is 1. The third-order valence-corrected chi connectivity index (χ3v) is 5.52. The summed E-state index contributed by atoms with van der Waals surface area (Å²) in [7, 11) is 0. The number of nitrogens with zero attached hydrogens (tertiary/aromatic N) is 3. The SMILES string of the molecule is Nc1cc(C(F)(F)F)c2nc1-c1nnc(o1)C(O)(C(F)(F)F)CCCCCCS2. The Hall–Kier alpha value is -2.02. The Labute approximate surface area is 164 Å². The Morgan fingerprint density at radius 2 is 1.76 bits per heavy atom. The molecule has 3 N–H and O–H groups in total. The molecule has 1 unspecified atom stereocenters. The molecule has 1 aliphatic heterocycles. The van der Waals surface area contributed by atoms with Crippen LogP contribution in [0.15, 0.2) is 15.5 Å². The number of aromatic nitrogens is 3. The van der Waals surface area contributed by atoms with Crippen LogP contribution in [0.5, 0.6) is 0 Å². The first-order valence-corrected chi connectivity index (χ1v) is 9.56. The Bertz CT molecular complexity index is 885. The second kappa shape index (κ2) is 7.67. The monoisotopic (exact) mass is 442 g/mol. The summed E-state index contributed by atoms with van der Waals surface area (Å²) in [6.07, 6.45) is -9.21. The Morgan fingerprint density at radius 3 is 2.41 bits per heavy atom. The van der Waals surface area contributed by atoms with Gasteiger partial charge in [0.1, 0.15) is 5.03 Å². The highest BCUT2D eigenvalue weighted by atomic mass is 32.2. The summed E-state index contributed by atoms with van der Waals surface area (Å²) in [6, 6.07) is 0.635. The smallest absolute Gasteiger partial charge is 0.416 e. The molecular weight excluding hydrogens is 426 g/mol. The van der Waals surface area contributed by atoms with Gasteiger partial charge in [0.05, 0.1) is 11.3 Å². The van der Waals surface area contributed by atoms with E-state index < -0.39 is 47.4 Å². The van der Waals surface area contributed by atoms with Crippen molar-refractivity contribution in [3.8, 4) is 11.6 Å². The minimum atomic E-state index is -5.09. The standard InChI is InChI=1S/C16H16F6N4O2S/c17-15(18,19)8-7-9(23)10-11-25-26-13(28-11)14(27,16(20,21)22)5-3-1-2-4-6-29-12(8)24-10/h7,27H,1-6,23H2. The van der Waals surface area contributed by atoms with E-state index in [0.717, 1.165) is 11.8 Å². The number of anilines is 1. The topological polar surface area (TPSA) is 98.1 Å². The number of nitrogen functional groups attached to an aromatic ring is 1. The number of pyridine rings is 1. The van der Waals surface area contributed by atoms with Crippen LogP contribution in [-0.2, 0) is 11.8 Å². The third kappa shape index (κ3) is 4.29. The summed E-state index contributed by atoms with van der Waals surface area (Å²) in [4.78, 5) is 3.84. The van der Waals surface area contributed by atoms with E-state index in [1.807, 2.05) is 0 Å². The van der Waals surface area contributed by atoms with Crippen LogP contribution in [-0.4, -0.2) is 32.2 Å². The van der Waals surface area contributed by atoms with Gasteiger partial charge in [0.15, 0.2) is 5.69 Å². The second-order valence-electron chi connectivity index (χ2n) is 6.56. The van der Waals surface area contributed by atoms with Gasteiger partial charge in [-0.05, 0) is 31.1 Å². The normalized spacial score (nSPS) is 21.6. The molecule has 6 nitrogen and oxygen atoms in total. The van der Waals surface area contributed by atoms with Gasteiger partial charge in [-0.2, -0.15) is 26.3 Å². The van der Waals surface area contributed by atoms with Gasteiger partial charge in [-0.15, -0.1) is 22.0 Å². The summed E-state index contributed by atoms with van der Waals surface area (Å²) in [5, 5.41) is 16.6. The van der Waals surface area contributed by atoms with Crippen LogP contribution in [0.2, 0.25) is 0 Å². The van der Waals surface area contributed by atoms with Crippen LogP contribution in [0, 0.1) is 0 Å². The molecule has 2 aromatic rings. The zero-order valence-electron chi connectivity index (χ0n) is 14.8. The fourth-order valence-corrected chi connectivity index (χ4v) is 3.89. The molecule has 3 heterocycles. The molecule has 1 atom stereocenters. The molecule has 0 saturated carbocycles. The molecule has 0 fully saturated rings. The molecule has 2 aromatic heterocycles. The molecule has 160 valence electrons. The number of alkyl halides is 6. The van der Waals surface area contributed by atoms with Gasteiger partial charge in [-0.25, -0.2) is 4.98 Å². The number of halogens is 6. The molecule has 0 aliphatic carbocycles. The van der Waals surface area contributed by atoms with Crippen LogP contribution in [0.1, 0.15) is 43.6 Å². The zero-order valence-corrected chi connectivity index (χ0v) is 15.6. The van der Waals surface area contributed by atoms with Gasteiger partial charge < -0.3 is 15.3 Å². The molecule has 29 heavy (non-hydrogen) atoms. The minimum absolute atomic E-state index is 0.0118. The van der Waals surface area contributed by atoms with Crippen LogP contribution >= 0.6 is 11.8 Å². The lowest BCUT2D eigenvalue weighted by atomic mass is 9.95. The molecule has 0 spiro atoms. The summed E-state index contributed by atoms with van der Waals surface area (Å²) >= 11 is 0.865. The van der Waals surface area contributed by atoms with E-state index in [1.165, 1.54) is 0 Å². The highest BCUT2D eigenvalue weighted by Crippen LogP contribution is 2.44. The van der Waals surface area contributed by atoms with Crippen molar-refractivity contribution in [1.29, 1.82) is 0 Å². The number of aliphatic hydroxyl groups is 1. The first-order chi connectivity index (χ1) is 13.4. The summed E-state index contributed by atoms with van der Waals surface area (Å²) in [5.74, 6) is -1.43. The fourth-order valence-electron chi connectivity index (χ4n) is 2.86. The van der Waals surface area contributed by atoms with E-state index in [4.69, 9.17) is 10.2 Å². The van der Waals surface area contributed by atoms with E-state index in [2.05, 4.69) is 15.2 Å². The maximum absolute atomic E-state index is 13.5. The molecule has 1 aliphatic rings. The number of hydrogen-bond acceptors (Lipinski definition) is 7. The number of rotatable bonds is 0. The van der Waals surface area contributed by atoms with Crippen molar-refractivity contribution in [2.75, 3.05) is 11.5 Å². The van der Waals surface area contributed by atoms with E-state index in [0.29, 0.717) is 25.3 Å². The van der Waals surface area contributed by atoms with Crippen molar-refractivity contribution >= 4 is 17.4 Å². The zero-order chi connectivity index (χ0) is 21.4. The van der Waals surface area contributed by atoms with Crippen LogP contribution in [0.25, 0.3) is 11.6 Å². The van der Waals surface area contributed by atoms with Crippen molar-refractivity contribution < 1.29 is 35.9 Å². The molecule has 0 radical (unpaired) electrons. The van der Waals surface area contributed by atoms with Gasteiger partial charge >= 0.3 is 12.4 Å². The summed E-state index contributed by atoms with van der Waals surface area (Å²) in [5.41, 5.74) is 0.349. The first-order valence-electron chi connectivity index (χ1n) is 8.57. The number of fused-ring (bicyclic) bond motifs is 5. The molecular formula is C16H16F6N4O2S. The van der Waals surface area contributed by atoms with Crippen LogP contribution in [0.4, 0.5) is 32.0 Å². The fraction of sp³-hybridized carbons (Fsp3) is 0.562. The first kappa shape index (κ1) is 21.7. The van der Waals surface area contributed by atoms with Crippen molar-refractivity contribution in [3.63, 3.8) is 0 Å². The molecule has 0 amide bonds. The average molecular weight is 442 g/mol. The number of thioether (sulfide) groups is 1. The molecule has 0 aromatic carbocycles. The predicted molar refractivity (Wildman–Crippen MR) is 90.7 cm³/mol. The van der Waals surface area contributed by atoms with Gasteiger partial charge in [-0.3, -0.25) is 0 Å². The van der Waals surface area contributed by atoms with E-state index in [9.17, 15) is 31.4 Å². The quantitative estimate of drug-likeness (QED) is 0.578. The lowest BCUT2D eigenvalue weighted by Gasteiger charge is -2.26. The van der Waals surface area contributed by atoms with Gasteiger partial charge in [0.25, 0.3) is 11.8 Å². The van der Waals surface area contributed by atoms with E-state index >= 15 is 0 Å². The largest absolute Gasteiger partial charge is 0.426 e. The van der Waals surface area contributed by atoms with E-state index in [-0.39, 0.29) is 22.9 Å². The molecule has 0 saturated heterocycles. The Morgan fingerprint density at radius 1 is 1.07 bits per heavy atom. The van der Waals surface area contributed by atoms with Gasteiger partial charge in [-0.1, -0.05) is 12.8 Å². The highest BCUT2D eigenvalue weighted by Gasteiger charge is 2.58. The maximum Gasteiger partial charge on any atom is 0.426 e. The molecule has 13 heteroatoms. The molecule has 4 bridgehead atoms. The van der Waals surface area contributed by atoms with E-state index in [1.54, 1.807) is 0 Å². The lowest BCUT2D eigenvalue weighted by Crippen LogP contribution is -2.42. The Kier molecular flexibility index (Phi) is 5.73. The maximum atomic E-state index is 13.5. The van der Waals surface area contributed by atoms with Crippen molar-refractivity contribution in [2.45, 2.75) is 55.1 Å². The summed E-state index contributed by atoms with van der Waals surface area (Å²) < 4.78 is 85.5.